The van der Waals surface area contributed by atoms with Gasteiger partial charge < -0.3 is 30.5 Å². The van der Waals surface area contributed by atoms with Gasteiger partial charge in [-0.15, -0.1) is 0 Å². The number of aliphatic hydroxyl groups excluding tert-OH is 1. The topological polar surface area (TPSA) is 131 Å². The van der Waals surface area contributed by atoms with Crippen LogP contribution in [0.25, 0.3) is 0 Å². The molecule has 0 unspecified atom stereocenters. The Morgan fingerprint density at radius 2 is 1.67 bits per heavy atom. The Bertz CT molecular complexity index is 1530. The van der Waals surface area contributed by atoms with E-state index in [1.54, 1.807) is 54.3 Å². The predicted molar refractivity (Wildman–Crippen MR) is 166 cm³/mol. The molecule has 13 heteroatoms. The van der Waals surface area contributed by atoms with Crippen LogP contribution in [0.15, 0.2) is 66.7 Å². The Balaban J connectivity index is 1.52. The lowest BCUT2D eigenvalue weighted by Gasteiger charge is -2.34. The number of amides is 3. The third-order valence-corrected chi connectivity index (χ3v) is 7.79. The predicted octanol–water partition coefficient (Wildman–Crippen LogP) is 5.33. The van der Waals surface area contributed by atoms with E-state index in [1.165, 1.54) is 0 Å². The highest BCUT2D eigenvalue weighted by Gasteiger charge is 2.32. The molecule has 3 aromatic carbocycles. The van der Waals surface area contributed by atoms with Crippen LogP contribution in [0, 0.1) is 5.92 Å². The monoisotopic (exact) mass is 642 g/mol. The first kappa shape index (κ1) is 34.3. The first-order valence-corrected chi connectivity index (χ1v) is 14.7. The van der Waals surface area contributed by atoms with Crippen molar-refractivity contribution >= 4 is 29.3 Å². The van der Waals surface area contributed by atoms with Gasteiger partial charge in [0.05, 0.1) is 30.2 Å². The molecule has 1 aliphatic rings. The van der Waals surface area contributed by atoms with E-state index in [9.17, 15) is 37.8 Å². The fourth-order valence-electron chi connectivity index (χ4n) is 5.20. The summed E-state index contributed by atoms with van der Waals surface area (Å²) in [5.74, 6) is -0.914. The number of aromatic carboxylic acids is 1. The lowest BCUT2D eigenvalue weighted by Crippen LogP contribution is -2.47. The standard InChI is InChI=1S/C33H37F3N4O6/c1-20-16-40(21(2)19-41)30(42)15-24-14-27(38-32(45)37-26-10-8-25(9-11-26)33(34,35)36)12-13-28(24)46-29(20)18-39(3)17-22-4-6-23(7-5-22)31(43)44/h4-14,20-21,29,41H,15-19H2,1-3H3,(H,43,44)(H2,37,38,45)/t20-,21-,29-/m1/s1. The number of fused-ring (bicyclic) bond motifs is 1. The number of benzene rings is 3. The number of halogens is 3. The molecule has 1 heterocycles. The van der Waals surface area contributed by atoms with Crippen LogP contribution in [0.5, 0.6) is 5.75 Å². The van der Waals surface area contributed by atoms with Crippen LogP contribution in [-0.2, 0) is 23.9 Å². The van der Waals surface area contributed by atoms with Crippen molar-refractivity contribution in [2.45, 2.75) is 45.1 Å². The van der Waals surface area contributed by atoms with Gasteiger partial charge in [-0.3, -0.25) is 9.69 Å². The highest BCUT2D eigenvalue weighted by Crippen LogP contribution is 2.31. The maximum atomic E-state index is 13.5. The maximum absolute atomic E-state index is 13.5. The Morgan fingerprint density at radius 3 is 2.28 bits per heavy atom. The summed E-state index contributed by atoms with van der Waals surface area (Å²) in [6.07, 6.45) is -4.93. The lowest BCUT2D eigenvalue weighted by atomic mass is 10.0. The molecule has 0 saturated heterocycles. The number of hydrogen-bond donors (Lipinski definition) is 4. The second-order valence-corrected chi connectivity index (χ2v) is 11.6. The summed E-state index contributed by atoms with van der Waals surface area (Å²) in [4.78, 5) is 41.0. The number of carbonyl (C=O) groups is 3. The number of hydrogen-bond acceptors (Lipinski definition) is 6. The van der Waals surface area contributed by atoms with E-state index in [-0.39, 0.29) is 42.2 Å². The summed E-state index contributed by atoms with van der Waals surface area (Å²) >= 11 is 0. The highest BCUT2D eigenvalue weighted by molar-refractivity contribution is 6.00. The molecule has 10 nitrogen and oxygen atoms in total. The van der Waals surface area contributed by atoms with Gasteiger partial charge in [0.2, 0.25) is 5.91 Å². The van der Waals surface area contributed by atoms with Crippen LogP contribution in [0.1, 0.15) is 40.9 Å². The highest BCUT2D eigenvalue weighted by atomic mass is 19.4. The first-order valence-electron chi connectivity index (χ1n) is 14.7. The Kier molecular flexibility index (Phi) is 10.9. The molecule has 3 atom stereocenters. The van der Waals surface area contributed by atoms with Gasteiger partial charge in [0.15, 0.2) is 0 Å². The number of urea groups is 1. The lowest BCUT2D eigenvalue weighted by molar-refractivity contribution is -0.137. The van der Waals surface area contributed by atoms with Crippen molar-refractivity contribution in [2.75, 3.05) is 37.4 Å². The summed E-state index contributed by atoms with van der Waals surface area (Å²) in [5, 5.41) is 24.2. The third kappa shape index (κ3) is 8.98. The summed E-state index contributed by atoms with van der Waals surface area (Å²) in [6, 6.07) is 14.4. The molecular weight excluding hydrogens is 605 g/mol. The quantitative estimate of drug-likeness (QED) is 0.248. The van der Waals surface area contributed by atoms with Crippen molar-refractivity contribution in [1.29, 1.82) is 0 Å². The number of nitrogens with zero attached hydrogens (tertiary/aromatic N) is 2. The normalized spacial score (nSPS) is 17.7. The summed E-state index contributed by atoms with van der Waals surface area (Å²) < 4.78 is 45.1. The summed E-state index contributed by atoms with van der Waals surface area (Å²) in [7, 11) is 1.91. The van der Waals surface area contributed by atoms with Gasteiger partial charge in [0.1, 0.15) is 11.9 Å². The van der Waals surface area contributed by atoms with Crippen LogP contribution in [0.3, 0.4) is 0 Å². The number of anilines is 2. The molecule has 4 N–H and O–H groups in total. The van der Waals surface area contributed by atoms with Crippen LogP contribution >= 0.6 is 0 Å². The van der Waals surface area contributed by atoms with Crippen LogP contribution in [0.2, 0.25) is 0 Å². The molecule has 0 bridgehead atoms. The third-order valence-electron chi connectivity index (χ3n) is 7.79. The fraction of sp³-hybridized carbons (Fsp3) is 0.364. The zero-order valence-electron chi connectivity index (χ0n) is 25.7. The van der Waals surface area contributed by atoms with Gasteiger partial charge in [0.25, 0.3) is 0 Å². The van der Waals surface area contributed by atoms with Crippen molar-refractivity contribution in [1.82, 2.24) is 9.80 Å². The van der Waals surface area contributed by atoms with Crippen LogP contribution in [-0.4, -0.2) is 76.8 Å². The molecule has 3 amide bonds. The van der Waals surface area contributed by atoms with Crippen molar-refractivity contribution in [2.24, 2.45) is 5.92 Å². The molecule has 246 valence electrons. The van der Waals surface area contributed by atoms with E-state index in [2.05, 4.69) is 10.6 Å². The molecular formula is C33H37F3N4O6. The maximum Gasteiger partial charge on any atom is 0.416 e. The average molecular weight is 643 g/mol. The SMILES string of the molecule is C[C@@H]1CN([C@H](C)CO)C(=O)Cc2cc(NC(=O)Nc3ccc(C(F)(F)F)cc3)ccc2O[C@@H]1CN(C)Cc1ccc(C(=O)O)cc1. The average Bonchev–Trinajstić information content (AvgIpc) is 3.04. The molecule has 1 aliphatic heterocycles. The Labute approximate surface area is 264 Å². The molecule has 0 saturated carbocycles. The molecule has 46 heavy (non-hydrogen) atoms. The van der Waals surface area contributed by atoms with E-state index < -0.39 is 29.8 Å². The molecule has 0 aromatic heterocycles. The van der Waals surface area contributed by atoms with E-state index in [4.69, 9.17) is 4.74 Å². The van der Waals surface area contributed by atoms with Crippen molar-refractivity contribution in [3.63, 3.8) is 0 Å². The number of carboxylic acids is 1. The van der Waals surface area contributed by atoms with Crippen molar-refractivity contribution < 1.29 is 42.5 Å². The van der Waals surface area contributed by atoms with E-state index >= 15 is 0 Å². The minimum absolute atomic E-state index is 0.0546. The number of carbonyl (C=O) groups excluding carboxylic acids is 2. The van der Waals surface area contributed by atoms with Crippen molar-refractivity contribution in [3.8, 4) is 5.75 Å². The van der Waals surface area contributed by atoms with Gasteiger partial charge in [-0.2, -0.15) is 13.2 Å². The largest absolute Gasteiger partial charge is 0.488 e. The smallest absolute Gasteiger partial charge is 0.416 e. The number of ether oxygens (including phenoxy) is 1. The number of aliphatic hydroxyl groups is 1. The van der Waals surface area contributed by atoms with Gasteiger partial charge in [-0.1, -0.05) is 19.1 Å². The Hall–Kier alpha value is -4.62. The number of alkyl halides is 3. The van der Waals surface area contributed by atoms with Gasteiger partial charge >= 0.3 is 18.2 Å². The number of carboxylic acid groups (broad SMARTS) is 1. The molecule has 3 aromatic rings. The van der Waals surface area contributed by atoms with Gasteiger partial charge in [0, 0.05) is 42.5 Å². The second kappa shape index (κ2) is 14.6. The minimum Gasteiger partial charge on any atom is -0.488 e. The zero-order chi connectivity index (χ0) is 33.6. The van der Waals surface area contributed by atoms with Crippen LogP contribution in [0.4, 0.5) is 29.3 Å². The Morgan fingerprint density at radius 1 is 1.04 bits per heavy atom. The number of nitrogens with one attached hydrogen (secondary N) is 2. The van der Waals surface area contributed by atoms with Gasteiger partial charge in [-0.05, 0) is 74.1 Å². The van der Waals surface area contributed by atoms with E-state index in [0.29, 0.717) is 36.6 Å². The first-order chi connectivity index (χ1) is 21.7. The molecule has 0 fully saturated rings. The van der Waals surface area contributed by atoms with Crippen molar-refractivity contribution in [3.05, 3.63) is 89.0 Å². The summed E-state index contributed by atoms with van der Waals surface area (Å²) in [6.45, 7) is 4.82. The van der Waals surface area contributed by atoms with Gasteiger partial charge in [-0.25, -0.2) is 9.59 Å². The number of rotatable bonds is 9. The summed E-state index contributed by atoms with van der Waals surface area (Å²) in [5.41, 5.74) is 1.30. The fourth-order valence-corrected chi connectivity index (χ4v) is 5.20. The van der Waals surface area contributed by atoms with E-state index in [1.807, 2.05) is 18.9 Å². The number of likely N-dealkylation sites (N-methyl/N-ethyl adjacent to an activating group) is 1. The van der Waals surface area contributed by atoms with E-state index in [0.717, 1.165) is 29.8 Å². The molecule has 4 rings (SSSR count). The molecule has 0 spiro atoms. The molecule has 0 radical (unpaired) electrons. The minimum atomic E-state index is -4.49. The molecule has 0 aliphatic carbocycles. The van der Waals surface area contributed by atoms with Crippen LogP contribution < -0.4 is 15.4 Å². The second-order valence-electron chi connectivity index (χ2n) is 11.6. The zero-order valence-corrected chi connectivity index (χ0v) is 25.7.